The summed E-state index contributed by atoms with van der Waals surface area (Å²) >= 11 is 0. The number of hydrogen-bond acceptors (Lipinski definition) is 6. The molecule has 3 rings (SSSR count). The molecule has 3 unspecified atom stereocenters. The van der Waals surface area contributed by atoms with Gasteiger partial charge in [0.05, 0.1) is 18.3 Å². The maximum atomic E-state index is 12.4. The molecule has 0 saturated heterocycles. The molecule has 30 heavy (non-hydrogen) atoms. The molecular weight excluding hydrogens is 384 g/mol. The molecule has 160 valence electrons. The van der Waals surface area contributed by atoms with Crippen molar-refractivity contribution < 1.29 is 28.9 Å². The molecule has 3 atom stereocenters. The van der Waals surface area contributed by atoms with Crippen LogP contribution in [0.1, 0.15) is 38.2 Å². The number of allylic oxidation sites excluding steroid dienone is 1. The van der Waals surface area contributed by atoms with Crippen molar-refractivity contribution in [3.63, 3.8) is 0 Å². The quantitative estimate of drug-likeness (QED) is 0.467. The predicted molar refractivity (Wildman–Crippen MR) is 112 cm³/mol. The van der Waals surface area contributed by atoms with Crippen molar-refractivity contribution in [1.29, 1.82) is 0 Å². The Balaban J connectivity index is 1.44. The number of carbonyl (C=O) groups is 2. The first-order valence-electron chi connectivity index (χ1n) is 10.4. The molecule has 1 heterocycles. The number of hydrogen-bond donors (Lipinski definition) is 1. The molecule has 6 nitrogen and oxygen atoms in total. The van der Waals surface area contributed by atoms with Crippen molar-refractivity contribution in [2.45, 2.75) is 44.8 Å². The monoisotopic (exact) mass is 412 g/mol. The fourth-order valence-corrected chi connectivity index (χ4v) is 3.33. The van der Waals surface area contributed by atoms with Crippen LogP contribution in [0.25, 0.3) is 5.57 Å². The maximum Gasteiger partial charge on any atom is 0.339 e. The van der Waals surface area contributed by atoms with E-state index in [-0.39, 0.29) is 24.5 Å². The van der Waals surface area contributed by atoms with Gasteiger partial charge in [-0.15, -0.1) is 0 Å². The van der Waals surface area contributed by atoms with Crippen molar-refractivity contribution in [2.75, 3.05) is 13.2 Å². The fourth-order valence-electron chi connectivity index (χ4n) is 3.33. The zero-order valence-corrected chi connectivity index (χ0v) is 17.2. The largest absolute Gasteiger partial charge is 0.491 e. The number of benzene rings is 1. The smallest absolute Gasteiger partial charge is 0.339 e. The van der Waals surface area contributed by atoms with Crippen LogP contribution in [-0.2, 0) is 23.8 Å². The van der Waals surface area contributed by atoms with Crippen molar-refractivity contribution in [2.24, 2.45) is 5.92 Å². The molecule has 0 fully saturated rings. The van der Waals surface area contributed by atoms with E-state index in [2.05, 4.69) is 0 Å². The molecule has 1 N–H and O–H groups in total. The minimum absolute atomic E-state index is 0.0407. The first kappa shape index (κ1) is 21.8. The van der Waals surface area contributed by atoms with Gasteiger partial charge in [0.15, 0.2) is 0 Å². The van der Waals surface area contributed by atoms with Crippen LogP contribution in [0, 0.1) is 5.92 Å². The summed E-state index contributed by atoms with van der Waals surface area (Å²) in [6.07, 6.45) is 8.86. The van der Waals surface area contributed by atoms with Crippen LogP contribution in [0.15, 0.2) is 60.4 Å². The number of esters is 2. The number of fused-ring (bicyclic) bond motifs is 1. The second kappa shape index (κ2) is 10.8. The van der Waals surface area contributed by atoms with E-state index >= 15 is 0 Å². The Morgan fingerprint density at radius 1 is 1.20 bits per heavy atom. The van der Waals surface area contributed by atoms with E-state index in [1.54, 1.807) is 13.0 Å². The van der Waals surface area contributed by atoms with Gasteiger partial charge in [0.25, 0.3) is 0 Å². The van der Waals surface area contributed by atoms with E-state index in [1.807, 2.05) is 48.6 Å². The average molecular weight is 412 g/mol. The van der Waals surface area contributed by atoms with Gasteiger partial charge in [0.1, 0.15) is 18.5 Å². The fraction of sp³-hybridized carbons (Fsp3) is 0.417. The lowest BCUT2D eigenvalue weighted by atomic mass is 9.90. The average Bonchev–Trinajstić information content (AvgIpc) is 2.77. The van der Waals surface area contributed by atoms with Crippen molar-refractivity contribution in [3.05, 3.63) is 66.0 Å². The van der Waals surface area contributed by atoms with E-state index in [1.165, 1.54) is 0 Å². The highest BCUT2D eigenvalue weighted by Crippen LogP contribution is 2.31. The third-order valence-corrected chi connectivity index (χ3v) is 5.02. The number of unbranched alkanes of at least 4 members (excludes halogenated alkanes) is 1. The predicted octanol–water partition coefficient (Wildman–Crippen LogP) is 3.57. The first-order chi connectivity index (χ1) is 14.6. The lowest BCUT2D eigenvalue weighted by Gasteiger charge is -2.29. The van der Waals surface area contributed by atoms with Crippen LogP contribution < -0.4 is 0 Å². The van der Waals surface area contributed by atoms with E-state index < -0.39 is 12.2 Å². The van der Waals surface area contributed by atoms with E-state index in [9.17, 15) is 14.7 Å². The van der Waals surface area contributed by atoms with Crippen LogP contribution in [0.5, 0.6) is 0 Å². The summed E-state index contributed by atoms with van der Waals surface area (Å²) in [6, 6.07) is 9.46. The van der Waals surface area contributed by atoms with E-state index in [0.29, 0.717) is 37.2 Å². The Labute approximate surface area is 176 Å². The number of aliphatic hydroxyl groups is 1. The van der Waals surface area contributed by atoms with Gasteiger partial charge in [0.2, 0.25) is 0 Å². The molecule has 0 spiro atoms. The third kappa shape index (κ3) is 6.07. The molecule has 0 saturated carbocycles. The van der Waals surface area contributed by atoms with Gasteiger partial charge in [-0.3, -0.25) is 4.79 Å². The summed E-state index contributed by atoms with van der Waals surface area (Å²) in [6.45, 7) is 2.29. The van der Waals surface area contributed by atoms with Crippen molar-refractivity contribution in [3.8, 4) is 0 Å². The minimum atomic E-state index is -0.614. The molecule has 1 aromatic rings. The summed E-state index contributed by atoms with van der Waals surface area (Å²) in [4.78, 5) is 23.5. The topological polar surface area (TPSA) is 82.1 Å². The molecular formula is C24H28O6. The minimum Gasteiger partial charge on any atom is -0.491 e. The van der Waals surface area contributed by atoms with E-state index in [0.717, 1.165) is 12.0 Å². The Kier molecular flexibility index (Phi) is 7.85. The summed E-state index contributed by atoms with van der Waals surface area (Å²) in [5.41, 5.74) is 1.41. The molecule has 0 bridgehead atoms. The summed E-state index contributed by atoms with van der Waals surface area (Å²) < 4.78 is 16.3. The molecule has 6 heteroatoms. The number of ether oxygens (including phenoxy) is 3. The lowest BCUT2D eigenvalue weighted by molar-refractivity contribution is -0.143. The lowest BCUT2D eigenvalue weighted by Crippen LogP contribution is -2.30. The molecule has 1 aromatic carbocycles. The van der Waals surface area contributed by atoms with Gasteiger partial charge in [0, 0.05) is 12.3 Å². The van der Waals surface area contributed by atoms with Gasteiger partial charge in [-0.2, -0.15) is 0 Å². The van der Waals surface area contributed by atoms with Crippen LogP contribution in [0.3, 0.4) is 0 Å². The van der Waals surface area contributed by atoms with Crippen molar-refractivity contribution >= 4 is 17.5 Å². The van der Waals surface area contributed by atoms with Crippen LogP contribution in [0.2, 0.25) is 0 Å². The zero-order chi connectivity index (χ0) is 21.3. The molecule has 1 aliphatic carbocycles. The highest BCUT2D eigenvalue weighted by atomic mass is 16.5. The molecule has 2 aliphatic rings. The third-order valence-electron chi connectivity index (χ3n) is 5.02. The van der Waals surface area contributed by atoms with Gasteiger partial charge in [-0.1, -0.05) is 49.4 Å². The summed E-state index contributed by atoms with van der Waals surface area (Å²) in [5.74, 6) is -0.0166. The van der Waals surface area contributed by atoms with Gasteiger partial charge < -0.3 is 19.3 Å². The zero-order valence-electron chi connectivity index (χ0n) is 17.2. The maximum absolute atomic E-state index is 12.4. The summed E-state index contributed by atoms with van der Waals surface area (Å²) in [5, 5.41) is 10.1. The molecule has 0 amide bonds. The van der Waals surface area contributed by atoms with Crippen LogP contribution >= 0.6 is 0 Å². The highest BCUT2D eigenvalue weighted by Gasteiger charge is 2.31. The Bertz CT molecular complexity index is 823. The van der Waals surface area contributed by atoms with Crippen LogP contribution in [-0.4, -0.2) is 42.5 Å². The van der Waals surface area contributed by atoms with Gasteiger partial charge >= 0.3 is 11.9 Å². The standard InChI is InChI=1S/C24H28O6/c1-2-23(26)28-13-7-6-10-19(25)16-29-20-12-11-18-14-21(17-8-4-3-5-9-17)24(27)30-22(18)15-20/h3-5,8-9,11-12,14-15,18-19,22,25H,2,6-7,10,13,16H2,1H3. The Hall–Kier alpha value is -2.86. The summed E-state index contributed by atoms with van der Waals surface area (Å²) in [7, 11) is 0. The Morgan fingerprint density at radius 3 is 2.77 bits per heavy atom. The van der Waals surface area contributed by atoms with Gasteiger partial charge in [-0.05, 0) is 37.0 Å². The second-order valence-corrected chi connectivity index (χ2v) is 7.36. The first-order valence-corrected chi connectivity index (χ1v) is 10.4. The molecule has 1 aliphatic heterocycles. The van der Waals surface area contributed by atoms with Crippen LogP contribution in [0.4, 0.5) is 0 Å². The molecule has 0 radical (unpaired) electrons. The Morgan fingerprint density at radius 2 is 2.00 bits per heavy atom. The number of rotatable bonds is 10. The second-order valence-electron chi connectivity index (χ2n) is 7.36. The SMILES string of the molecule is CCC(=O)OCCCCC(O)COC1=CC2OC(=O)C(c3ccccc3)=CC2C=C1. The molecule has 0 aromatic heterocycles. The van der Waals surface area contributed by atoms with Crippen molar-refractivity contribution in [1.82, 2.24) is 0 Å². The number of aliphatic hydroxyl groups excluding tert-OH is 1. The number of carbonyl (C=O) groups excluding carboxylic acids is 2. The normalized spacial score (nSPS) is 21.1. The highest BCUT2D eigenvalue weighted by molar-refractivity contribution is 6.17. The van der Waals surface area contributed by atoms with E-state index in [4.69, 9.17) is 14.2 Å². The van der Waals surface area contributed by atoms with Gasteiger partial charge in [-0.25, -0.2) is 4.79 Å².